The average Bonchev–Trinajstić information content (AvgIpc) is 2.44. The van der Waals surface area contributed by atoms with Crippen molar-refractivity contribution in [2.24, 2.45) is 0 Å². The summed E-state index contributed by atoms with van der Waals surface area (Å²) < 4.78 is 0.958. The predicted octanol–water partition coefficient (Wildman–Crippen LogP) is 3.62. The van der Waals surface area contributed by atoms with Gasteiger partial charge in [0, 0.05) is 12.7 Å². The second-order valence-corrected chi connectivity index (χ2v) is 5.25. The van der Waals surface area contributed by atoms with E-state index in [0.29, 0.717) is 6.54 Å². The van der Waals surface area contributed by atoms with Crippen LogP contribution >= 0.6 is 22.6 Å². The summed E-state index contributed by atoms with van der Waals surface area (Å²) in [4.78, 5) is 14.5. The molecule has 1 aromatic carbocycles. The van der Waals surface area contributed by atoms with Crippen LogP contribution in [0.5, 0.6) is 0 Å². The highest BCUT2D eigenvalue weighted by atomic mass is 127. The Morgan fingerprint density at radius 3 is 2.55 bits per heavy atom. The van der Waals surface area contributed by atoms with Crippen molar-refractivity contribution in [3.63, 3.8) is 0 Å². The van der Waals surface area contributed by atoms with Crippen LogP contribution in [0.4, 0.5) is 4.79 Å². The Hall–Kier alpha value is -1.89. The smallest absolute Gasteiger partial charge is 0.404 e. The summed E-state index contributed by atoms with van der Waals surface area (Å²) in [5.74, 6) is 0. The maximum Gasteiger partial charge on any atom is 0.404 e. The van der Waals surface area contributed by atoms with E-state index >= 15 is 0 Å². The molecule has 0 aliphatic heterocycles. The van der Waals surface area contributed by atoms with Crippen molar-refractivity contribution in [1.82, 2.24) is 10.3 Å². The van der Waals surface area contributed by atoms with Gasteiger partial charge in [0.05, 0.1) is 0 Å². The highest BCUT2D eigenvalue weighted by Gasteiger charge is 1.96. The van der Waals surface area contributed by atoms with Crippen LogP contribution < -0.4 is 5.32 Å². The van der Waals surface area contributed by atoms with Crippen LogP contribution in [-0.4, -0.2) is 16.2 Å². The molecule has 0 aliphatic carbocycles. The monoisotopic (exact) mass is 380 g/mol. The van der Waals surface area contributed by atoms with Gasteiger partial charge in [0.25, 0.3) is 0 Å². The van der Waals surface area contributed by atoms with Gasteiger partial charge in [-0.2, -0.15) is 0 Å². The largest absolute Gasteiger partial charge is 0.465 e. The molecule has 2 aromatic rings. The summed E-state index contributed by atoms with van der Waals surface area (Å²) in [7, 11) is 0. The molecule has 5 heteroatoms. The lowest BCUT2D eigenvalue weighted by atomic mass is 10.1. The molecule has 0 aliphatic rings. The van der Waals surface area contributed by atoms with E-state index in [9.17, 15) is 4.79 Å². The number of nitrogens with one attached hydrogen (secondary N) is 1. The summed E-state index contributed by atoms with van der Waals surface area (Å²) in [6.07, 6.45) is 4.80. The zero-order valence-corrected chi connectivity index (χ0v) is 12.7. The Morgan fingerprint density at radius 1 is 1.20 bits per heavy atom. The second kappa shape index (κ2) is 7.04. The van der Waals surface area contributed by atoms with Crippen LogP contribution in [0, 0.1) is 3.70 Å². The Labute approximate surface area is 130 Å². The van der Waals surface area contributed by atoms with Crippen LogP contribution in [0.25, 0.3) is 12.2 Å². The molecule has 4 nitrogen and oxygen atoms in total. The molecular weight excluding hydrogens is 367 g/mol. The van der Waals surface area contributed by atoms with E-state index in [1.165, 1.54) is 0 Å². The lowest BCUT2D eigenvalue weighted by Gasteiger charge is -2.01. The molecule has 1 amide bonds. The summed E-state index contributed by atoms with van der Waals surface area (Å²) >= 11 is 2.18. The number of halogens is 1. The van der Waals surface area contributed by atoms with E-state index in [1.54, 1.807) is 6.20 Å². The number of carboxylic acid groups (broad SMARTS) is 1. The highest BCUT2D eigenvalue weighted by Crippen LogP contribution is 2.11. The van der Waals surface area contributed by atoms with Crippen molar-refractivity contribution in [3.05, 3.63) is 63.0 Å². The number of nitrogens with zero attached hydrogens (tertiary/aromatic N) is 1. The van der Waals surface area contributed by atoms with Gasteiger partial charge in [0.15, 0.2) is 0 Å². The lowest BCUT2D eigenvalue weighted by molar-refractivity contribution is 0.194. The number of amides is 1. The Bertz CT molecular complexity index is 624. The summed E-state index contributed by atoms with van der Waals surface area (Å²) in [6, 6.07) is 11.7. The number of hydrogen-bond acceptors (Lipinski definition) is 2. The zero-order valence-electron chi connectivity index (χ0n) is 10.6. The minimum atomic E-state index is -1.01. The maximum atomic E-state index is 10.4. The van der Waals surface area contributed by atoms with Gasteiger partial charge >= 0.3 is 6.09 Å². The number of carbonyl (C=O) groups is 1. The normalized spacial score (nSPS) is 10.7. The topological polar surface area (TPSA) is 62.2 Å². The molecule has 2 rings (SSSR count). The number of benzene rings is 1. The van der Waals surface area contributed by atoms with Crippen LogP contribution in [0.3, 0.4) is 0 Å². The summed E-state index contributed by atoms with van der Waals surface area (Å²) in [6.45, 7) is 0.321. The van der Waals surface area contributed by atoms with Crippen LogP contribution in [0.1, 0.15) is 16.7 Å². The third-order valence-electron chi connectivity index (χ3n) is 2.64. The van der Waals surface area contributed by atoms with Crippen LogP contribution in [0.2, 0.25) is 0 Å². The second-order valence-electron chi connectivity index (χ2n) is 4.15. The first kappa shape index (κ1) is 14.5. The van der Waals surface area contributed by atoms with Gasteiger partial charge in [-0.3, -0.25) is 4.98 Å². The number of hydrogen-bond donors (Lipinski definition) is 2. The SMILES string of the molecule is O=C(O)NCc1ccc(C=Cc2ccnc(I)c2)cc1. The van der Waals surface area contributed by atoms with Crippen LogP contribution in [-0.2, 0) is 6.54 Å². The zero-order chi connectivity index (χ0) is 14.4. The van der Waals surface area contributed by atoms with Gasteiger partial charge in [0.1, 0.15) is 3.70 Å². The Kier molecular flexibility index (Phi) is 5.11. The fraction of sp³-hybridized carbons (Fsp3) is 0.0667. The Morgan fingerprint density at radius 2 is 1.90 bits per heavy atom. The molecule has 1 heterocycles. The molecule has 0 radical (unpaired) electrons. The first-order valence-electron chi connectivity index (χ1n) is 5.99. The molecule has 2 N–H and O–H groups in total. The fourth-order valence-electron chi connectivity index (χ4n) is 1.64. The van der Waals surface area contributed by atoms with Gasteiger partial charge < -0.3 is 10.4 Å². The average molecular weight is 380 g/mol. The minimum Gasteiger partial charge on any atom is -0.465 e. The first-order valence-corrected chi connectivity index (χ1v) is 7.07. The number of pyridine rings is 1. The van der Waals surface area contributed by atoms with Gasteiger partial charge in [-0.1, -0.05) is 36.4 Å². The van der Waals surface area contributed by atoms with E-state index in [-0.39, 0.29) is 0 Å². The number of aromatic nitrogens is 1. The molecule has 0 spiro atoms. The van der Waals surface area contributed by atoms with Gasteiger partial charge in [-0.25, -0.2) is 4.79 Å². The molecule has 0 saturated heterocycles. The van der Waals surface area contributed by atoms with E-state index < -0.39 is 6.09 Å². The lowest BCUT2D eigenvalue weighted by Crippen LogP contribution is -2.19. The molecule has 0 bridgehead atoms. The fourth-order valence-corrected chi connectivity index (χ4v) is 2.16. The summed E-state index contributed by atoms with van der Waals surface area (Å²) in [5, 5.41) is 10.9. The molecule has 0 atom stereocenters. The molecular formula is C15H13IN2O2. The maximum absolute atomic E-state index is 10.4. The highest BCUT2D eigenvalue weighted by molar-refractivity contribution is 14.1. The van der Waals surface area contributed by atoms with Crippen molar-refractivity contribution in [2.75, 3.05) is 0 Å². The molecule has 1 aromatic heterocycles. The van der Waals surface area contributed by atoms with Crippen molar-refractivity contribution >= 4 is 40.8 Å². The molecule has 102 valence electrons. The molecule has 0 unspecified atom stereocenters. The third kappa shape index (κ3) is 4.65. The van der Waals surface area contributed by atoms with Gasteiger partial charge in [-0.05, 0) is 51.4 Å². The number of rotatable bonds is 4. The van der Waals surface area contributed by atoms with E-state index in [0.717, 1.165) is 20.4 Å². The van der Waals surface area contributed by atoms with E-state index in [1.807, 2.05) is 48.6 Å². The van der Waals surface area contributed by atoms with Crippen molar-refractivity contribution < 1.29 is 9.90 Å². The van der Waals surface area contributed by atoms with Crippen molar-refractivity contribution in [2.45, 2.75) is 6.54 Å². The Balaban J connectivity index is 2.01. The quantitative estimate of drug-likeness (QED) is 0.629. The first-order chi connectivity index (χ1) is 9.63. The van der Waals surface area contributed by atoms with Gasteiger partial charge in [0.2, 0.25) is 0 Å². The van der Waals surface area contributed by atoms with Gasteiger partial charge in [-0.15, -0.1) is 0 Å². The molecule has 0 fully saturated rings. The minimum absolute atomic E-state index is 0.321. The summed E-state index contributed by atoms with van der Waals surface area (Å²) in [5.41, 5.74) is 3.10. The van der Waals surface area contributed by atoms with Crippen molar-refractivity contribution in [3.8, 4) is 0 Å². The van der Waals surface area contributed by atoms with Crippen molar-refractivity contribution in [1.29, 1.82) is 0 Å². The standard InChI is InChI=1S/C15H13IN2O2/c16-14-9-12(7-8-17-14)4-1-11-2-5-13(6-3-11)10-18-15(19)20/h1-9,18H,10H2,(H,19,20). The third-order valence-corrected chi connectivity index (χ3v) is 3.23. The predicted molar refractivity (Wildman–Crippen MR) is 87.2 cm³/mol. The van der Waals surface area contributed by atoms with E-state index in [2.05, 4.69) is 32.9 Å². The molecule has 0 saturated carbocycles. The van der Waals surface area contributed by atoms with Crippen LogP contribution in [0.15, 0.2) is 42.6 Å². The molecule has 20 heavy (non-hydrogen) atoms. The van der Waals surface area contributed by atoms with E-state index in [4.69, 9.17) is 5.11 Å².